The van der Waals surface area contributed by atoms with E-state index in [-0.39, 0.29) is 5.97 Å². The third kappa shape index (κ3) is 31.7. The van der Waals surface area contributed by atoms with Crippen LogP contribution in [-0.4, -0.2) is 19.9 Å². The molecule has 0 spiro atoms. The number of rotatable bonds is 24. The molecular weight excluding hydrogens is 456 g/mol. The minimum absolute atomic E-state index is 0.0670. The molecular formula is C29H60O3SSi. The normalized spacial score (nSPS) is 11.1. The van der Waals surface area contributed by atoms with Gasteiger partial charge in [0, 0.05) is 6.42 Å². The van der Waals surface area contributed by atoms with E-state index in [0.717, 1.165) is 12.5 Å². The zero-order valence-corrected chi connectivity index (χ0v) is 25.4. The van der Waals surface area contributed by atoms with Gasteiger partial charge < -0.3 is 4.43 Å². The molecule has 0 rings (SSSR count). The Bertz CT molecular complexity index is 430. The van der Waals surface area contributed by atoms with Crippen LogP contribution in [0.3, 0.4) is 0 Å². The zero-order valence-electron chi connectivity index (χ0n) is 23.5. The summed E-state index contributed by atoms with van der Waals surface area (Å²) in [7, 11) is -1.79. The van der Waals surface area contributed by atoms with E-state index in [1.807, 2.05) is 0 Å². The Labute approximate surface area is 220 Å². The highest BCUT2D eigenvalue weighted by Crippen LogP contribution is 2.19. The molecule has 0 amide bonds. The average Bonchev–Trinajstić information content (AvgIpc) is 2.79. The van der Waals surface area contributed by atoms with Gasteiger partial charge >= 0.3 is 0 Å². The molecule has 0 radical (unpaired) electrons. The quantitative estimate of drug-likeness (QED) is 0.0600. The molecule has 0 aliphatic heterocycles. The summed E-state index contributed by atoms with van der Waals surface area (Å²) in [5, 5.41) is 0. The lowest BCUT2D eigenvalue weighted by Gasteiger charge is -2.22. The molecule has 0 saturated heterocycles. The monoisotopic (exact) mass is 516 g/mol. The molecule has 0 aliphatic carbocycles. The summed E-state index contributed by atoms with van der Waals surface area (Å²) in [5.74, 6) is 0.0670. The van der Waals surface area contributed by atoms with Gasteiger partial charge in [0.1, 0.15) is 0 Å². The van der Waals surface area contributed by atoms with Crippen molar-refractivity contribution in [3.63, 3.8) is 0 Å². The summed E-state index contributed by atoms with van der Waals surface area (Å²) in [4.78, 5) is 20.8. The summed E-state index contributed by atoms with van der Waals surface area (Å²) < 4.78 is 5.88. The Kier molecular flexibility index (Phi) is 30.5. The Balaban J connectivity index is 0. The first kappa shape index (κ1) is 35.9. The van der Waals surface area contributed by atoms with Gasteiger partial charge in [0.2, 0.25) is 8.32 Å². The maximum absolute atomic E-state index is 12.2. The molecule has 0 aromatic carbocycles. The molecule has 204 valence electrons. The Morgan fingerprint density at radius 1 is 0.618 bits per heavy atom. The summed E-state index contributed by atoms with van der Waals surface area (Å²) in [6, 6.07) is 1.13. The van der Waals surface area contributed by atoms with E-state index < -0.39 is 8.32 Å². The van der Waals surface area contributed by atoms with Crippen LogP contribution in [0.2, 0.25) is 19.1 Å². The SMILES string of the molecule is CCCCCCCCCCCCCCCCCC(=O)O[Si](C)(C)CCCCCCCC.O=CS. The van der Waals surface area contributed by atoms with Crippen molar-refractivity contribution < 1.29 is 14.0 Å². The molecule has 0 heterocycles. The van der Waals surface area contributed by atoms with Gasteiger partial charge in [-0.25, -0.2) is 0 Å². The second-order valence-electron chi connectivity index (χ2n) is 10.6. The van der Waals surface area contributed by atoms with Crippen LogP contribution in [0.15, 0.2) is 0 Å². The van der Waals surface area contributed by atoms with Crippen LogP contribution >= 0.6 is 12.6 Å². The molecule has 0 N–H and O–H groups in total. The van der Waals surface area contributed by atoms with E-state index in [1.165, 1.54) is 128 Å². The molecule has 34 heavy (non-hydrogen) atoms. The predicted octanol–water partition coefficient (Wildman–Crippen LogP) is 10.5. The van der Waals surface area contributed by atoms with Crippen molar-refractivity contribution in [1.29, 1.82) is 0 Å². The fourth-order valence-electron chi connectivity index (χ4n) is 4.38. The van der Waals surface area contributed by atoms with Crippen LogP contribution in [0.25, 0.3) is 0 Å². The highest BCUT2D eigenvalue weighted by molar-refractivity contribution is 7.94. The number of carbonyl (C=O) groups is 2. The van der Waals surface area contributed by atoms with E-state index in [1.54, 1.807) is 0 Å². The van der Waals surface area contributed by atoms with Crippen LogP contribution in [-0.2, 0) is 14.0 Å². The maximum Gasteiger partial charge on any atom is 0.292 e. The van der Waals surface area contributed by atoms with Gasteiger partial charge in [0.15, 0.2) is 5.62 Å². The smallest absolute Gasteiger partial charge is 0.292 e. The van der Waals surface area contributed by atoms with Crippen molar-refractivity contribution in [1.82, 2.24) is 0 Å². The van der Waals surface area contributed by atoms with E-state index >= 15 is 0 Å². The lowest BCUT2D eigenvalue weighted by molar-refractivity contribution is -0.135. The largest absolute Gasteiger partial charge is 0.520 e. The van der Waals surface area contributed by atoms with Crippen LogP contribution in [0.4, 0.5) is 0 Å². The Morgan fingerprint density at radius 2 is 0.912 bits per heavy atom. The first-order valence-corrected chi connectivity index (χ1v) is 18.4. The minimum Gasteiger partial charge on any atom is -0.520 e. The number of carbonyl (C=O) groups excluding carboxylic acids is 2. The van der Waals surface area contributed by atoms with Crippen molar-refractivity contribution in [2.24, 2.45) is 0 Å². The fourth-order valence-corrected chi connectivity index (χ4v) is 6.30. The molecule has 0 aromatic heterocycles. The molecule has 0 unspecified atom stereocenters. The maximum atomic E-state index is 12.2. The minimum atomic E-state index is -1.79. The van der Waals surface area contributed by atoms with Crippen molar-refractivity contribution in [2.75, 3.05) is 0 Å². The zero-order chi connectivity index (χ0) is 25.8. The third-order valence-corrected chi connectivity index (χ3v) is 8.84. The van der Waals surface area contributed by atoms with E-state index in [0.29, 0.717) is 12.0 Å². The summed E-state index contributed by atoms with van der Waals surface area (Å²) in [5.41, 5.74) is 0.444. The number of unbranched alkanes of at least 4 members (excludes halogenated alkanes) is 19. The predicted molar refractivity (Wildman–Crippen MR) is 157 cm³/mol. The summed E-state index contributed by atoms with van der Waals surface area (Å²) in [6.07, 6.45) is 28.9. The molecule has 0 atom stereocenters. The summed E-state index contributed by atoms with van der Waals surface area (Å²) >= 11 is 3.11. The van der Waals surface area contributed by atoms with Gasteiger partial charge in [-0.3, -0.25) is 9.59 Å². The van der Waals surface area contributed by atoms with Gasteiger partial charge in [-0.1, -0.05) is 142 Å². The number of hydrogen-bond acceptors (Lipinski definition) is 3. The Morgan fingerprint density at radius 3 is 1.26 bits per heavy atom. The standard InChI is InChI=1S/C28H58O2Si.CH2OS/c1-5-7-9-11-13-14-15-16-17-18-19-20-21-22-24-26-28(29)30-31(3,4)27-25-23-12-10-8-6-2;2-1-3/h5-27H2,1-4H3;1H,(H,2,3). The number of thiol groups is 1. The van der Waals surface area contributed by atoms with E-state index in [2.05, 4.69) is 39.6 Å². The molecule has 0 saturated carbocycles. The van der Waals surface area contributed by atoms with Gasteiger partial charge in [0.05, 0.1) is 0 Å². The first-order chi connectivity index (χ1) is 16.4. The second-order valence-corrected chi connectivity index (χ2v) is 15.0. The molecule has 5 heteroatoms. The highest BCUT2D eigenvalue weighted by Gasteiger charge is 2.25. The van der Waals surface area contributed by atoms with Gasteiger partial charge in [0.25, 0.3) is 5.97 Å². The molecule has 3 nitrogen and oxygen atoms in total. The van der Waals surface area contributed by atoms with Gasteiger partial charge in [-0.15, -0.1) is 12.6 Å². The lowest BCUT2D eigenvalue weighted by atomic mass is 10.0. The second kappa shape index (κ2) is 28.9. The summed E-state index contributed by atoms with van der Waals surface area (Å²) in [6.45, 7) is 8.97. The van der Waals surface area contributed by atoms with Crippen LogP contribution < -0.4 is 0 Å². The van der Waals surface area contributed by atoms with Crippen molar-refractivity contribution in [3.8, 4) is 0 Å². The average molecular weight is 517 g/mol. The van der Waals surface area contributed by atoms with Crippen molar-refractivity contribution >= 4 is 32.5 Å². The molecule has 0 bridgehead atoms. The topological polar surface area (TPSA) is 43.4 Å². The van der Waals surface area contributed by atoms with Gasteiger partial charge in [-0.05, 0) is 25.6 Å². The Hall–Kier alpha value is -0.293. The van der Waals surface area contributed by atoms with Gasteiger partial charge in [-0.2, -0.15) is 0 Å². The van der Waals surface area contributed by atoms with E-state index in [9.17, 15) is 4.79 Å². The highest BCUT2D eigenvalue weighted by atomic mass is 32.1. The lowest BCUT2D eigenvalue weighted by Crippen LogP contribution is -2.33. The van der Waals surface area contributed by atoms with Crippen LogP contribution in [0.5, 0.6) is 0 Å². The number of hydrogen-bond donors (Lipinski definition) is 1. The van der Waals surface area contributed by atoms with Crippen molar-refractivity contribution in [2.45, 2.75) is 174 Å². The molecule has 0 aliphatic rings. The van der Waals surface area contributed by atoms with Crippen molar-refractivity contribution in [3.05, 3.63) is 0 Å². The fraction of sp³-hybridized carbons (Fsp3) is 0.931. The van der Waals surface area contributed by atoms with Crippen LogP contribution in [0.1, 0.15) is 155 Å². The van der Waals surface area contributed by atoms with E-state index in [4.69, 9.17) is 9.22 Å². The first-order valence-electron chi connectivity index (χ1n) is 14.7. The van der Waals surface area contributed by atoms with Crippen LogP contribution in [0, 0.1) is 0 Å². The third-order valence-electron chi connectivity index (χ3n) is 6.51. The molecule has 0 fully saturated rings. The molecule has 0 aromatic rings.